The molecule has 1 aromatic rings. The maximum atomic E-state index is 12.5. The molecule has 1 aliphatic rings. The van der Waals surface area contributed by atoms with Crippen LogP contribution in [0, 0.1) is 13.8 Å². The van der Waals surface area contributed by atoms with Gasteiger partial charge in [0, 0.05) is 18.8 Å². The molecule has 1 N–H and O–H groups in total. The molecular weight excluding hydrogens is 317 g/mol. The number of nitrogens with one attached hydrogen (secondary N) is 1. The van der Waals surface area contributed by atoms with Gasteiger partial charge >= 0.3 is 15.5 Å². The van der Waals surface area contributed by atoms with Gasteiger partial charge in [0.15, 0.2) is 0 Å². The van der Waals surface area contributed by atoms with Crippen LogP contribution in [-0.2, 0) is 10.0 Å². The van der Waals surface area contributed by atoms with Crippen molar-refractivity contribution in [2.24, 2.45) is 0 Å². The van der Waals surface area contributed by atoms with E-state index in [1.165, 1.54) is 6.07 Å². The van der Waals surface area contributed by atoms with E-state index in [0.29, 0.717) is 5.56 Å². The van der Waals surface area contributed by atoms with Crippen LogP contribution in [0.3, 0.4) is 0 Å². The lowest BCUT2D eigenvalue weighted by atomic mass is 10.0. The Labute approximate surface area is 128 Å². The van der Waals surface area contributed by atoms with E-state index in [1.807, 2.05) is 6.92 Å². The average molecular weight is 336 g/mol. The monoisotopic (exact) mass is 336 g/mol. The first-order chi connectivity index (χ1) is 10.1. The molecule has 124 valence electrons. The van der Waals surface area contributed by atoms with Crippen molar-refractivity contribution in [2.45, 2.75) is 38.6 Å². The molecule has 0 spiro atoms. The van der Waals surface area contributed by atoms with Gasteiger partial charge in [-0.1, -0.05) is 6.07 Å². The smallest absolute Gasteiger partial charge is 0.371 e. The highest BCUT2D eigenvalue weighted by Crippen LogP contribution is 2.32. The highest BCUT2D eigenvalue weighted by atomic mass is 32.2. The van der Waals surface area contributed by atoms with E-state index in [4.69, 9.17) is 0 Å². The Morgan fingerprint density at radius 2 is 1.64 bits per heavy atom. The van der Waals surface area contributed by atoms with Crippen molar-refractivity contribution < 1.29 is 21.6 Å². The summed E-state index contributed by atoms with van der Waals surface area (Å²) in [5.41, 5.74) is -3.18. The summed E-state index contributed by atoms with van der Waals surface area (Å²) in [5.74, 6) is 0. The standard InChI is InChI=1S/C14H19F3N2O2S/c1-10-8-11(2)13(19-6-4-3-5-7-19)9-12(10)18-22(20,21)14(15,16)17/h8-9,18H,3-7H2,1-2H3. The van der Waals surface area contributed by atoms with Gasteiger partial charge in [-0.25, -0.2) is 0 Å². The van der Waals surface area contributed by atoms with E-state index in [9.17, 15) is 21.6 Å². The van der Waals surface area contributed by atoms with Gasteiger partial charge in [0.1, 0.15) is 0 Å². The van der Waals surface area contributed by atoms with Gasteiger partial charge in [-0.2, -0.15) is 21.6 Å². The quantitative estimate of drug-likeness (QED) is 0.918. The fraction of sp³-hybridized carbons (Fsp3) is 0.571. The molecule has 1 saturated heterocycles. The van der Waals surface area contributed by atoms with Crippen molar-refractivity contribution in [2.75, 3.05) is 22.7 Å². The highest BCUT2D eigenvalue weighted by molar-refractivity contribution is 7.93. The van der Waals surface area contributed by atoms with Crippen LogP contribution in [0.1, 0.15) is 30.4 Å². The Balaban J connectivity index is 2.36. The van der Waals surface area contributed by atoms with E-state index < -0.39 is 15.5 Å². The molecule has 8 heteroatoms. The van der Waals surface area contributed by atoms with Gasteiger partial charge < -0.3 is 4.90 Å². The third-order valence-electron chi connectivity index (χ3n) is 3.79. The van der Waals surface area contributed by atoms with Crippen LogP contribution in [-0.4, -0.2) is 27.0 Å². The number of aryl methyl sites for hydroxylation is 2. The Kier molecular flexibility index (Phi) is 4.60. The number of anilines is 2. The minimum absolute atomic E-state index is 0.0245. The number of benzene rings is 1. The minimum Gasteiger partial charge on any atom is -0.371 e. The first-order valence-corrected chi connectivity index (χ1v) is 8.55. The molecule has 0 bridgehead atoms. The van der Waals surface area contributed by atoms with Gasteiger partial charge in [0.25, 0.3) is 0 Å². The van der Waals surface area contributed by atoms with Crippen molar-refractivity contribution in [1.29, 1.82) is 0 Å². The molecule has 2 rings (SSSR count). The van der Waals surface area contributed by atoms with E-state index >= 15 is 0 Å². The largest absolute Gasteiger partial charge is 0.516 e. The van der Waals surface area contributed by atoms with Gasteiger partial charge in [-0.05, 0) is 50.3 Å². The van der Waals surface area contributed by atoms with Gasteiger partial charge in [0.2, 0.25) is 0 Å². The van der Waals surface area contributed by atoms with Crippen molar-refractivity contribution >= 4 is 21.4 Å². The van der Waals surface area contributed by atoms with Crippen LogP contribution in [0.15, 0.2) is 12.1 Å². The van der Waals surface area contributed by atoms with Gasteiger partial charge in [0.05, 0.1) is 5.69 Å². The minimum atomic E-state index is -5.40. The lowest BCUT2D eigenvalue weighted by molar-refractivity contribution is -0.0429. The van der Waals surface area contributed by atoms with Crippen molar-refractivity contribution in [3.8, 4) is 0 Å². The predicted molar refractivity (Wildman–Crippen MR) is 80.6 cm³/mol. The maximum Gasteiger partial charge on any atom is 0.516 e. The highest BCUT2D eigenvalue weighted by Gasteiger charge is 2.46. The summed E-state index contributed by atoms with van der Waals surface area (Å²) in [6, 6.07) is 3.21. The zero-order chi connectivity index (χ0) is 16.5. The van der Waals surface area contributed by atoms with Crippen molar-refractivity contribution in [3.63, 3.8) is 0 Å². The number of nitrogens with zero attached hydrogens (tertiary/aromatic N) is 1. The SMILES string of the molecule is Cc1cc(C)c(N2CCCCC2)cc1NS(=O)(=O)C(F)(F)F. The molecule has 4 nitrogen and oxygen atoms in total. The van der Waals surface area contributed by atoms with Crippen LogP contribution in [0.5, 0.6) is 0 Å². The molecule has 0 saturated carbocycles. The lowest BCUT2D eigenvalue weighted by Crippen LogP contribution is -2.31. The Morgan fingerprint density at radius 1 is 1.05 bits per heavy atom. The molecule has 1 aromatic carbocycles. The summed E-state index contributed by atoms with van der Waals surface area (Å²) in [7, 11) is -5.40. The molecule has 1 fully saturated rings. The second-order valence-electron chi connectivity index (χ2n) is 5.55. The summed E-state index contributed by atoms with van der Waals surface area (Å²) in [5, 5.41) is 0. The van der Waals surface area contributed by atoms with Crippen LogP contribution in [0.25, 0.3) is 0 Å². The molecule has 1 heterocycles. The first-order valence-electron chi connectivity index (χ1n) is 7.07. The second kappa shape index (κ2) is 5.98. The Morgan fingerprint density at radius 3 is 2.18 bits per heavy atom. The second-order valence-corrected chi connectivity index (χ2v) is 7.23. The van der Waals surface area contributed by atoms with Crippen LogP contribution < -0.4 is 9.62 Å². The molecule has 1 aliphatic heterocycles. The van der Waals surface area contributed by atoms with E-state index in [0.717, 1.165) is 43.6 Å². The summed E-state index contributed by atoms with van der Waals surface area (Å²) in [6.45, 7) is 5.12. The number of halogens is 3. The molecule has 0 aromatic heterocycles. The molecule has 22 heavy (non-hydrogen) atoms. The number of alkyl halides is 3. The number of hydrogen-bond donors (Lipinski definition) is 1. The lowest BCUT2D eigenvalue weighted by Gasteiger charge is -2.31. The fourth-order valence-electron chi connectivity index (χ4n) is 2.63. The van der Waals surface area contributed by atoms with Gasteiger partial charge in [-0.3, -0.25) is 4.72 Å². The topological polar surface area (TPSA) is 49.4 Å². The fourth-order valence-corrected chi connectivity index (χ4v) is 3.25. The average Bonchev–Trinajstić information content (AvgIpc) is 2.41. The van der Waals surface area contributed by atoms with E-state index in [2.05, 4.69) is 4.90 Å². The summed E-state index contributed by atoms with van der Waals surface area (Å²) in [4.78, 5) is 2.09. The first kappa shape index (κ1) is 16.9. The number of rotatable bonds is 3. The van der Waals surface area contributed by atoms with Gasteiger partial charge in [-0.15, -0.1) is 0 Å². The van der Waals surface area contributed by atoms with Crippen LogP contribution >= 0.6 is 0 Å². The summed E-state index contributed by atoms with van der Waals surface area (Å²) < 4.78 is 61.8. The molecule has 0 amide bonds. The molecule has 0 atom stereocenters. The number of piperidine rings is 1. The van der Waals surface area contributed by atoms with Crippen molar-refractivity contribution in [3.05, 3.63) is 23.3 Å². The van der Waals surface area contributed by atoms with Crippen LogP contribution in [0.2, 0.25) is 0 Å². The third-order valence-corrected chi connectivity index (χ3v) is 4.89. The maximum absolute atomic E-state index is 12.5. The molecule has 0 radical (unpaired) electrons. The Bertz CT molecular complexity index is 651. The van der Waals surface area contributed by atoms with Crippen LogP contribution in [0.4, 0.5) is 24.5 Å². The zero-order valence-electron chi connectivity index (χ0n) is 12.5. The number of sulfonamides is 1. The zero-order valence-corrected chi connectivity index (χ0v) is 13.3. The van der Waals surface area contributed by atoms with Crippen molar-refractivity contribution in [1.82, 2.24) is 0 Å². The third kappa shape index (κ3) is 3.48. The Hall–Kier alpha value is -1.44. The van der Waals surface area contributed by atoms with E-state index in [-0.39, 0.29) is 5.69 Å². The normalized spacial score (nSPS) is 16.7. The summed E-state index contributed by atoms with van der Waals surface area (Å²) in [6.07, 6.45) is 3.18. The number of hydrogen-bond acceptors (Lipinski definition) is 3. The molecule has 0 aliphatic carbocycles. The van der Waals surface area contributed by atoms with E-state index in [1.54, 1.807) is 17.7 Å². The summed E-state index contributed by atoms with van der Waals surface area (Å²) >= 11 is 0. The predicted octanol–water partition coefficient (Wildman–Crippen LogP) is 3.56. The molecule has 0 unspecified atom stereocenters. The molecular formula is C14H19F3N2O2S.